The molecule has 2 aromatic carbocycles. The van der Waals surface area contributed by atoms with Crippen molar-refractivity contribution in [2.75, 3.05) is 7.11 Å². The molecule has 2 aromatic rings. The zero-order valence-corrected chi connectivity index (χ0v) is 17.8. The molecule has 4 nitrogen and oxygen atoms in total. The molecule has 29 heavy (non-hydrogen) atoms. The highest BCUT2D eigenvalue weighted by molar-refractivity contribution is 5.87. The average molecular weight is 395 g/mol. The molecule has 0 unspecified atom stereocenters. The largest absolute Gasteiger partial charge is 0.478 e. The summed E-state index contributed by atoms with van der Waals surface area (Å²) in [7, 11) is 1.36. The highest BCUT2D eigenvalue weighted by Crippen LogP contribution is 2.25. The second-order valence-electron chi connectivity index (χ2n) is 7.14. The van der Waals surface area contributed by atoms with Crippen LogP contribution >= 0.6 is 0 Å². The summed E-state index contributed by atoms with van der Waals surface area (Å²) < 4.78 is 4.45. The third-order valence-electron chi connectivity index (χ3n) is 4.22. The van der Waals surface area contributed by atoms with Crippen molar-refractivity contribution in [3.05, 3.63) is 82.9 Å². The van der Waals surface area contributed by atoms with Crippen LogP contribution in [0.1, 0.15) is 61.8 Å². The van der Waals surface area contributed by atoms with Crippen LogP contribution in [0.4, 0.5) is 0 Å². The number of rotatable bonds is 6. The zero-order valence-electron chi connectivity index (χ0n) is 17.8. The van der Waals surface area contributed by atoms with Crippen LogP contribution in [0.3, 0.4) is 0 Å². The highest BCUT2D eigenvalue weighted by atomic mass is 16.5. The van der Waals surface area contributed by atoms with E-state index in [0.717, 1.165) is 11.1 Å². The molecule has 0 atom stereocenters. The van der Waals surface area contributed by atoms with Gasteiger partial charge in [-0.05, 0) is 46.2 Å². The number of ether oxygens (including phenoxy) is 1. The van der Waals surface area contributed by atoms with Crippen molar-refractivity contribution in [3.8, 4) is 0 Å². The highest BCUT2D eigenvalue weighted by Gasteiger charge is 2.07. The van der Waals surface area contributed by atoms with Crippen molar-refractivity contribution in [2.24, 2.45) is 0 Å². The topological polar surface area (TPSA) is 63.6 Å². The lowest BCUT2D eigenvalue weighted by Crippen LogP contribution is -1.96. The molecule has 0 bridgehead atoms. The Kier molecular flexibility index (Phi) is 10.2. The van der Waals surface area contributed by atoms with E-state index in [-0.39, 0.29) is 5.97 Å². The van der Waals surface area contributed by atoms with Crippen molar-refractivity contribution in [1.82, 2.24) is 0 Å². The number of aliphatic carboxylic acids is 1. The van der Waals surface area contributed by atoms with Gasteiger partial charge in [-0.1, -0.05) is 76.2 Å². The maximum Gasteiger partial charge on any atom is 0.330 e. The van der Waals surface area contributed by atoms with Crippen LogP contribution in [-0.2, 0) is 14.3 Å². The Hall–Kier alpha value is -3.14. The molecule has 0 aromatic heterocycles. The van der Waals surface area contributed by atoms with E-state index in [1.165, 1.54) is 30.4 Å². The third kappa shape index (κ3) is 9.06. The van der Waals surface area contributed by atoms with Crippen LogP contribution < -0.4 is 0 Å². The maximum atomic E-state index is 10.7. The summed E-state index contributed by atoms with van der Waals surface area (Å²) in [5.74, 6) is -0.397. The summed E-state index contributed by atoms with van der Waals surface area (Å²) in [4.78, 5) is 21.3. The van der Waals surface area contributed by atoms with E-state index in [2.05, 4.69) is 50.6 Å². The normalized spacial score (nSPS) is 11.0. The fourth-order valence-corrected chi connectivity index (χ4v) is 2.58. The maximum absolute atomic E-state index is 10.7. The molecule has 0 spiro atoms. The first-order chi connectivity index (χ1) is 13.7. The van der Waals surface area contributed by atoms with Crippen molar-refractivity contribution in [1.29, 1.82) is 0 Å². The van der Waals surface area contributed by atoms with Crippen molar-refractivity contribution in [3.63, 3.8) is 0 Å². The molecule has 0 saturated carbocycles. The minimum absolute atomic E-state index is 0.334. The first kappa shape index (κ1) is 23.9. The van der Waals surface area contributed by atoms with E-state index in [0.29, 0.717) is 11.8 Å². The monoisotopic (exact) mass is 394 g/mol. The molecule has 0 aliphatic rings. The van der Waals surface area contributed by atoms with Gasteiger partial charge in [0.15, 0.2) is 0 Å². The van der Waals surface area contributed by atoms with Crippen molar-refractivity contribution < 1.29 is 19.4 Å². The average Bonchev–Trinajstić information content (AvgIpc) is 2.71. The van der Waals surface area contributed by atoms with Gasteiger partial charge in [-0.15, -0.1) is 0 Å². The first-order valence-electron chi connectivity index (χ1n) is 9.60. The molecule has 4 heteroatoms. The van der Waals surface area contributed by atoms with E-state index < -0.39 is 5.97 Å². The molecule has 0 radical (unpaired) electrons. The van der Waals surface area contributed by atoms with Crippen LogP contribution in [-0.4, -0.2) is 24.2 Å². The quantitative estimate of drug-likeness (QED) is 0.489. The molecule has 0 fully saturated rings. The predicted octanol–water partition coefficient (Wildman–Crippen LogP) is 5.90. The number of hydrogen-bond donors (Lipinski definition) is 1. The molecular weight excluding hydrogens is 364 g/mol. The van der Waals surface area contributed by atoms with Crippen LogP contribution in [0.5, 0.6) is 0 Å². The van der Waals surface area contributed by atoms with E-state index in [1.807, 2.05) is 30.3 Å². The number of carboxylic acids is 1. The predicted molar refractivity (Wildman–Crippen MR) is 119 cm³/mol. The number of hydrogen-bond acceptors (Lipinski definition) is 3. The van der Waals surface area contributed by atoms with Gasteiger partial charge in [0.2, 0.25) is 0 Å². The number of methoxy groups -OCH3 is 1. The third-order valence-corrected chi connectivity index (χ3v) is 4.22. The standard InChI is InChI=1S/C15H20O2.C10H10O2/c1-10(2)12-5-7-14(11(3)4)13(9-12)6-8-15(16)17;1-12-10(11)8-7-9-5-3-2-4-6-9/h5-11H,1-4H3,(H,16,17);2-8H,1H3. The Morgan fingerprint density at radius 3 is 2.07 bits per heavy atom. The molecule has 2 rings (SSSR count). The van der Waals surface area contributed by atoms with Crippen LogP contribution in [0.25, 0.3) is 12.2 Å². The molecule has 154 valence electrons. The lowest BCUT2D eigenvalue weighted by Gasteiger charge is -2.13. The van der Waals surface area contributed by atoms with Gasteiger partial charge >= 0.3 is 11.9 Å². The van der Waals surface area contributed by atoms with E-state index in [1.54, 1.807) is 12.2 Å². The summed E-state index contributed by atoms with van der Waals surface area (Å²) in [5.41, 5.74) is 4.42. The lowest BCUT2D eigenvalue weighted by atomic mass is 9.92. The number of benzene rings is 2. The van der Waals surface area contributed by atoms with Crippen molar-refractivity contribution >= 4 is 24.1 Å². The number of carboxylic acid groups (broad SMARTS) is 1. The van der Waals surface area contributed by atoms with Crippen LogP contribution in [0.2, 0.25) is 0 Å². The van der Waals surface area contributed by atoms with Gasteiger partial charge in [0.05, 0.1) is 7.11 Å². The molecule has 0 saturated heterocycles. The fraction of sp³-hybridized carbons (Fsp3) is 0.280. The second-order valence-corrected chi connectivity index (χ2v) is 7.14. The van der Waals surface area contributed by atoms with Gasteiger partial charge < -0.3 is 9.84 Å². The molecular formula is C25H30O4. The zero-order chi connectivity index (χ0) is 21.8. The second kappa shape index (κ2) is 12.3. The Morgan fingerprint density at radius 2 is 1.55 bits per heavy atom. The Bertz CT molecular complexity index is 846. The summed E-state index contributed by atoms with van der Waals surface area (Å²) in [6, 6.07) is 15.9. The molecule has 0 aliphatic carbocycles. The lowest BCUT2D eigenvalue weighted by molar-refractivity contribution is -0.135. The fourth-order valence-electron chi connectivity index (χ4n) is 2.58. The summed E-state index contributed by atoms with van der Waals surface area (Å²) in [6.45, 7) is 8.50. The smallest absolute Gasteiger partial charge is 0.330 e. The SMILES string of the molecule is CC(C)c1ccc(C(C)C)c(C=CC(=O)O)c1.COC(=O)C=Cc1ccccc1. The Balaban J connectivity index is 0.000000308. The van der Waals surface area contributed by atoms with Gasteiger partial charge in [-0.2, -0.15) is 0 Å². The minimum Gasteiger partial charge on any atom is -0.478 e. The minimum atomic E-state index is -0.908. The molecule has 1 N–H and O–H groups in total. The Morgan fingerprint density at radius 1 is 0.897 bits per heavy atom. The van der Waals surface area contributed by atoms with Crippen molar-refractivity contribution in [2.45, 2.75) is 39.5 Å². The number of carbonyl (C=O) groups excluding carboxylic acids is 1. The van der Waals surface area contributed by atoms with E-state index in [9.17, 15) is 9.59 Å². The molecule has 0 aliphatic heterocycles. The van der Waals surface area contributed by atoms with E-state index >= 15 is 0 Å². The van der Waals surface area contributed by atoms with Gasteiger partial charge in [-0.25, -0.2) is 9.59 Å². The summed E-state index contributed by atoms with van der Waals surface area (Å²) >= 11 is 0. The van der Waals surface area contributed by atoms with Gasteiger partial charge in [-0.3, -0.25) is 0 Å². The van der Waals surface area contributed by atoms with Crippen LogP contribution in [0.15, 0.2) is 60.7 Å². The van der Waals surface area contributed by atoms with E-state index in [4.69, 9.17) is 5.11 Å². The summed E-state index contributed by atoms with van der Waals surface area (Å²) in [6.07, 6.45) is 6.00. The summed E-state index contributed by atoms with van der Waals surface area (Å²) in [5, 5.41) is 8.70. The Labute approximate surface area is 173 Å². The number of carbonyl (C=O) groups is 2. The van der Waals surface area contributed by atoms with Crippen LogP contribution in [0, 0.1) is 0 Å². The number of esters is 1. The first-order valence-corrected chi connectivity index (χ1v) is 9.60. The van der Waals surface area contributed by atoms with Gasteiger partial charge in [0.25, 0.3) is 0 Å². The molecule has 0 heterocycles. The molecule has 0 amide bonds. The van der Waals surface area contributed by atoms with Gasteiger partial charge in [0, 0.05) is 12.2 Å². The van der Waals surface area contributed by atoms with Gasteiger partial charge in [0.1, 0.15) is 0 Å².